The van der Waals surface area contributed by atoms with Crippen LogP contribution in [0.25, 0.3) is 10.8 Å². The Morgan fingerprint density at radius 3 is 2.50 bits per heavy atom. The van der Waals surface area contributed by atoms with Gasteiger partial charge < -0.3 is 10.6 Å². The summed E-state index contributed by atoms with van der Waals surface area (Å²) in [4.78, 5) is 2.37. The Labute approximate surface area is 143 Å². The summed E-state index contributed by atoms with van der Waals surface area (Å²) >= 11 is 0. The maximum absolute atomic E-state index is 6.60. The molecule has 3 aromatic carbocycles. The largest absolute Gasteiger partial charge is 0.356 e. The maximum atomic E-state index is 6.60. The molecule has 0 saturated carbocycles. The molecule has 1 heterocycles. The smallest absolute Gasteiger partial charge is 0.0803 e. The zero-order valence-electron chi connectivity index (χ0n) is 14.2. The normalized spacial score (nSPS) is 20.7. The molecule has 0 radical (unpaired) electrons. The summed E-state index contributed by atoms with van der Waals surface area (Å²) in [6.07, 6.45) is 2.31. The molecule has 2 N–H and O–H groups in total. The Kier molecular flexibility index (Phi) is 3.99. The van der Waals surface area contributed by atoms with E-state index in [4.69, 9.17) is 5.73 Å². The summed E-state index contributed by atoms with van der Waals surface area (Å²) < 4.78 is 0. The van der Waals surface area contributed by atoms with Crippen LogP contribution < -0.4 is 10.6 Å². The molecule has 0 aromatic heterocycles. The molecule has 2 heteroatoms. The number of benzene rings is 3. The average Bonchev–Trinajstić information content (AvgIpc) is 2.97. The van der Waals surface area contributed by atoms with Gasteiger partial charge in [-0.15, -0.1) is 0 Å². The lowest BCUT2D eigenvalue weighted by Crippen LogP contribution is -2.41. The molecule has 2 unspecified atom stereocenters. The fraction of sp³-hybridized carbons (Fsp3) is 0.273. The highest BCUT2D eigenvalue weighted by Crippen LogP contribution is 2.31. The van der Waals surface area contributed by atoms with Crippen LogP contribution in [0, 0.1) is 12.8 Å². The number of anilines is 1. The van der Waals surface area contributed by atoms with E-state index in [1.807, 2.05) is 0 Å². The van der Waals surface area contributed by atoms with E-state index in [9.17, 15) is 0 Å². The summed E-state index contributed by atoms with van der Waals surface area (Å²) in [5, 5.41) is 2.56. The molecule has 1 aliphatic rings. The van der Waals surface area contributed by atoms with Crippen molar-refractivity contribution in [2.75, 3.05) is 11.4 Å². The van der Waals surface area contributed by atoms with Crippen LogP contribution in [-0.4, -0.2) is 12.7 Å². The maximum Gasteiger partial charge on any atom is 0.0803 e. The fourth-order valence-corrected chi connectivity index (χ4v) is 3.79. The molecule has 1 fully saturated rings. The van der Waals surface area contributed by atoms with E-state index in [0.29, 0.717) is 5.92 Å². The van der Waals surface area contributed by atoms with Crippen molar-refractivity contribution in [3.8, 4) is 0 Å². The van der Waals surface area contributed by atoms with E-state index < -0.39 is 0 Å². The summed E-state index contributed by atoms with van der Waals surface area (Å²) in [7, 11) is 0. The molecule has 0 aliphatic carbocycles. The highest BCUT2D eigenvalue weighted by molar-refractivity contribution is 5.85. The molecule has 4 rings (SSSR count). The predicted molar refractivity (Wildman–Crippen MR) is 102 cm³/mol. The molecule has 1 saturated heterocycles. The van der Waals surface area contributed by atoms with Crippen LogP contribution in [0.2, 0.25) is 0 Å². The van der Waals surface area contributed by atoms with E-state index >= 15 is 0 Å². The minimum absolute atomic E-state index is 0.0902. The SMILES string of the molecule is Cc1ccc(CC2CCN(c3ccc4ccccc4c3)C2N)cc1. The Hall–Kier alpha value is -2.32. The molecule has 1 aliphatic heterocycles. The van der Waals surface area contributed by atoms with Crippen molar-refractivity contribution in [2.45, 2.75) is 25.9 Å². The highest BCUT2D eigenvalue weighted by atomic mass is 15.2. The number of hydrogen-bond donors (Lipinski definition) is 1. The highest BCUT2D eigenvalue weighted by Gasteiger charge is 2.31. The van der Waals surface area contributed by atoms with Gasteiger partial charge in [0.05, 0.1) is 6.17 Å². The van der Waals surface area contributed by atoms with Gasteiger partial charge in [0.25, 0.3) is 0 Å². The van der Waals surface area contributed by atoms with Crippen molar-refractivity contribution >= 4 is 16.5 Å². The van der Waals surface area contributed by atoms with Gasteiger partial charge in [-0.3, -0.25) is 0 Å². The Morgan fingerprint density at radius 1 is 0.958 bits per heavy atom. The number of nitrogens with zero attached hydrogens (tertiary/aromatic N) is 1. The number of rotatable bonds is 3. The Morgan fingerprint density at radius 2 is 1.71 bits per heavy atom. The molecule has 0 bridgehead atoms. The minimum Gasteiger partial charge on any atom is -0.356 e. The lowest BCUT2D eigenvalue weighted by Gasteiger charge is -2.27. The number of nitrogens with two attached hydrogens (primary N) is 1. The van der Waals surface area contributed by atoms with Crippen LogP contribution >= 0.6 is 0 Å². The van der Waals surface area contributed by atoms with Crippen LogP contribution in [0.15, 0.2) is 66.7 Å². The van der Waals surface area contributed by atoms with Crippen LogP contribution in [0.4, 0.5) is 5.69 Å². The first-order chi connectivity index (χ1) is 11.7. The summed E-state index contributed by atoms with van der Waals surface area (Å²) in [6, 6.07) is 24.0. The summed E-state index contributed by atoms with van der Waals surface area (Å²) in [5.41, 5.74) is 10.5. The Balaban J connectivity index is 1.53. The van der Waals surface area contributed by atoms with Gasteiger partial charge in [-0.25, -0.2) is 0 Å². The first-order valence-corrected chi connectivity index (χ1v) is 8.77. The van der Waals surface area contributed by atoms with Gasteiger partial charge in [-0.05, 0) is 54.2 Å². The minimum atomic E-state index is 0.0902. The molecule has 2 atom stereocenters. The van der Waals surface area contributed by atoms with Gasteiger partial charge >= 0.3 is 0 Å². The summed E-state index contributed by atoms with van der Waals surface area (Å²) in [5.74, 6) is 0.513. The zero-order chi connectivity index (χ0) is 16.5. The second-order valence-electron chi connectivity index (χ2n) is 6.95. The lowest BCUT2D eigenvalue weighted by atomic mass is 9.96. The third-order valence-electron chi connectivity index (χ3n) is 5.27. The van der Waals surface area contributed by atoms with Crippen LogP contribution in [0.1, 0.15) is 17.5 Å². The van der Waals surface area contributed by atoms with Crippen LogP contribution in [-0.2, 0) is 6.42 Å². The predicted octanol–water partition coefficient (Wildman–Crippen LogP) is 4.50. The van der Waals surface area contributed by atoms with Crippen molar-refractivity contribution in [3.05, 3.63) is 77.9 Å². The van der Waals surface area contributed by atoms with Crippen molar-refractivity contribution < 1.29 is 0 Å². The second kappa shape index (κ2) is 6.29. The first-order valence-electron chi connectivity index (χ1n) is 8.77. The summed E-state index contributed by atoms with van der Waals surface area (Å²) in [6.45, 7) is 3.17. The van der Waals surface area contributed by atoms with E-state index in [2.05, 4.69) is 78.6 Å². The van der Waals surface area contributed by atoms with Gasteiger partial charge in [0.2, 0.25) is 0 Å². The number of hydrogen-bond acceptors (Lipinski definition) is 2. The molecule has 3 aromatic rings. The van der Waals surface area contributed by atoms with Gasteiger partial charge in [0, 0.05) is 12.2 Å². The second-order valence-corrected chi connectivity index (χ2v) is 6.95. The van der Waals surface area contributed by atoms with Gasteiger partial charge in [0.1, 0.15) is 0 Å². The molecule has 0 spiro atoms. The average molecular weight is 316 g/mol. The standard InChI is InChI=1S/C22H24N2/c1-16-6-8-17(9-7-16)14-20-12-13-24(22(20)23)21-11-10-18-4-2-3-5-19(18)15-21/h2-11,15,20,22H,12-14,23H2,1H3. The number of aryl methyl sites for hydroxylation is 1. The first kappa shape index (κ1) is 15.2. The van der Waals surface area contributed by atoms with Crippen molar-refractivity contribution in [1.82, 2.24) is 0 Å². The third kappa shape index (κ3) is 2.90. The quantitative estimate of drug-likeness (QED) is 0.771. The molecule has 0 amide bonds. The van der Waals surface area contributed by atoms with E-state index in [1.165, 1.54) is 27.6 Å². The zero-order valence-corrected chi connectivity index (χ0v) is 14.2. The Bertz CT molecular complexity index is 838. The number of fused-ring (bicyclic) bond motifs is 1. The molecular weight excluding hydrogens is 292 g/mol. The molecule has 2 nitrogen and oxygen atoms in total. The molecular formula is C22H24N2. The monoisotopic (exact) mass is 316 g/mol. The van der Waals surface area contributed by atoms with Crippen LogP contribution in [0.3, 0.4) is 0 Å². The fourth-order valence-electron chi connectivity index (χ4n) is 3.79. The van der Waals surface area contributed by atoms with Crippen molar-refractivity contribution in [1.29, 1.82) is 0 Å². The lowest BCUT2D eigenvalue weighted by molar-refractivity contribution is 0.479. The third-order valence-corrected chi connectivity index (χ3v) is 5.27. The van der Waals surface area contributed by atoms with E-state index in [0.717, 1.165) is 19.4 Å². The van der Waals surface area contributed by atoms with E-state index in [-0.39, 0.29) is 6.17 Å². The van der Waals surface area contributed by atoms with Crippen molar-refractivity contribution in [2.24, 2.45) is 11.7 Å². The molecule has 24 heavy (non-hydrogen) atoms. The van der Waals surface area contributed by atoms with E-state index in [1.54, 1.807) is 0 Å². The molecule has 122 valence electrons. The van der Waals surface area contributed by atoms with Gasteiger partial charge in [-0.2, -0.15) is 0 Å². The van der Waals surface area contributed by atoms with Gasteiger partial charge in [0.15, 0.2) is 0 Å². The van der Waals surface area contributed by atoms with Gasteiger partial charge in [-0.1, -0.05) is 60.2 Å². The topological polar surface area (TPSA) is 29.3 Å². The van der Waals surface area contributed by atoms with Crippen LogP contribution in [0.5, 0.6) is 0 Å². The van der Waals surface area contributed by atoms with Crippen molar-refractivity contribution in [3.63, 3.8) is 0 Å².